The SMILES string of the molecule is CCN(CC)C(=O)c1cnc2sccn2c1=O. The summed E-state index contributed by atoms with van der Waals surface area (Å²) >= 11 is 1.37. The lowest BCUT2D eigenvalue weighted by Gasteiger charge is -2.17. The third-order valence-corrected chi connectivity index (χ3v) is 3.39. The number of carbonyl (C=O) groups is 1. The van der Waals surface area contributed by atoms with E-state index in [4.69, 9.17) is 0 Å². The minimum absolute atomic E-state index is 0.129. The molecule has 0 radical (unpaired) electrons. The zero-order valence-corrected chi connectivity index (χ0v) is 10.5. The molecule has 0 bridgehead atoms. The van der Waals surface area contributed by atoms with Crippen LogP contribution in [0.2, 0.25) is 0 Å². The molecule has 0 saturated heterocycles. The Morgan fingerprint density at radius 3 is 2.82 bits per heavy atom. The molecule has 0 unspecified atom stereocenters. The third kappa shape index (κ3) is 1.95. The Hall–Kier alpha value is -1.69. The van der Waals surface area contributed by atoms with Crippen molar-refractivity contribution in [3.05, 3.63) is 33.7 Å². The van der Waals surface area contributed by atoms with Gasteiger partial charge >= 0.3 is 0 Å². The average molecular weight is 251 g/mol. The van der Waals surface area contributed by atoms with Crippen molar-refractivity contribution in [3.8, 4) is 0 Å². The number of carbonyl (C=O) groups excluding carboxylic acids is 1. The highest BCUT2D eigenvalue weighted by molar-refractivity contribution is 7.15. The van der Waals surface area contributed by atoms with Crippen molar-refractivity contribution >= 4 is 22.2 Å². The minimum Gasteiger partial charge on any atom is -0.339 e. The Kier molecular flexibility index (Phi) is 3.23. The van der Waals surface area contributed by atoms with Crippen molar-refractivity contribution in [2.24, 2.45) is 0 Å². The fourth-order valence-corrected chi connectivity index (χ4v) is 2.33. The lowest BCUT2D eigenvalue weighted by molar-refractivity contribution is 0.0770. The van der Waals surface area contributed by atoms with Crippen LogP contribution in [0.15, 0.2) is 22.6 Å². The fourth-order valence-electron chi connectivity index (χ4n) is 1.65. The quantitative estimate of drug-likeness (QED) is 0.824. The predicted molar refractivity (Wildman–Crippen MR) is 66.6 cm³/mol. The van der Waals surface area contributed by atoms with E-state index in [1.54, 1.807) is 16.5 Å². The summed E-state index contributed by atoms with van der Waals surface area (Å²) in [5.41, 5.74) is -0.169. The molecule has 0 aliphatic carbocycles. The van der Waals surface area contributed by atoms with Gasteiger partial charge in [-0.15, -0.1) is 11.3 Å². The van der Waals surface area contributed by atoms with E-state index in [1.807, 2.05) is 13.8 Å². The van der Waals surface area contributed by atoms with Crippen molar-refractivity contribution in [1.29, 1.82) is 0 Å². The van der Waals surface area contributed by atoms with Gasteiger partial charge in [0.25, 0.3) is 11.5 Å². The summed E-state index contributed by atoms with van der Waals surface area (Å²) in [7, 11) is 0. The highest BCUT2D eigenvalue weighted by Gasteiger charge is 2.17. The lowest BCUT2D eigenvalue weighted by Crippen LogP contribution is -2.35. The Balaban J connectivity index is 2.52. The fraction of sp³-hybridized carbons (Fsp3) is 0.364. The monoisotopic (exact) mass is 251 g/mol. The van der Waals surface area contributed by atoms with Gasteiger partial charge in [0.2, 0.25) is 0 Å². The van der Waals surface area contributed by atoms with E-state index in [0.717, 1.165) is 0 Å². The normalized spacial score (nSPS) is 10.7. The Bertz CT molecular complexity index is 598. The van der Waals surface area contributed by atoms with Gasteiger partial charge in [0.05, 0.1) is 0 Å². The molecule has 5 nitrogen and oxygen atoms in total. The number of hydrogen-bond donors (Lipinski definition) is 0. The van der Waals surface area contributed by atoms with Crippen molar-refractivity contribution in [2.75, 3.05) is 13.1 Å². The second-order valence-electron chi connectivity index (χ2n) is 3.51. The summed E-state index contributed by atoms with van der Waals surface area (Å²) in [6.45, 7) is 4.94. The first-order valence-electron chi connectivity index (χ1n) is 5.43. The van der Waals surface area contributed by atoms with E-state index >= 15 is 0 Å². The smallest absolute Gasteiger partial charge is 0.271 e. The number of nitrogens with zero attached hydrogens (tertiary/aromatic N) is 3. The van der Waals surface area contributed by atoms with Crippen LogP contribution in [0.3, 0.4) is 0 Å². The number of hydrogen-bond acceptors (Lipinski definition) is 4. The largest absolute Gasteiger partial charge is 0.339 e. The molecule has 2 heterocycles. The molecule has 2 rings (SSSR count). The van der Waals surface area contributed by atoms with Crippen LogP contribution in [0.5, 0.6) is 0 Å². The van der Waals surface area contributed by atoms with Crippen LogP contribution in [0.1, 0.15) is 24.2 Å². The van der Waals surface area contributed by atoms with E-state index in [1.165, 1.54) is 21.9 Å². The van der Waals surface area contributed by atoms with Gasteiger partial charge in [0.15, 0.2) is 4.96 Å². The van der Waals surface area contributed by atoms with E-state index in [2.05, 4.69) is 4.98 Å². The Morgan fingerprint density at radius 2 is 2.18 bits per heavy atom. The summed E-state index contributed by atoms with van der Waals surface area (Å²) < 4.78 is 1.40. The second kappa shape index (κ2) is 4.67. The number of rotatable bonds is 3. The Morgan fingerprint density at radius 1 is 1.47 bits per heavy atom. The molecule has 6 heteroatoms. The van der Waals surface area contributed by atoms with E-state index in [-0.39, 0.29) is 17.0 Å². The first kappa shape index (κ1) is 11.8. The van der Waals surface area contributed by atoms with Crippen LogP contribution >= 0.6 is 11.3 Å². The van der Waals surface area contributed by atoms with Crippen LogP contribution in [-0.2, 0) is 0 Å². The molecule has 0 atom stereocenters. The van der Waals surface area contributed by atoms with Crippen molar-refractivity contribution in [1.82, 2.24) is 14.3 Å². The van der Waals surface area contributed by atoms with E-state index < -0.39 is 0 Å². The average Bonchev–Trinajstić information content (AvgIpc) is 2.80. The first-order valence-corrected chi connectivity index (χ1v) is 6.31. The molecular weight excluding hydrogens is 238 g/mol. The summed E-state index contributed by atoms with van der Waals surface area (Å²) in [4.78, 5) is 30.4. The molecule has 0 aromatic carbocycles. The maximum Gasteiger partial charge on any atom is 0.271 e. The third-order valence-electron chi connectivity index (χ3n) is 2.62. The molecule has 17 heavy (non-hydrogen) atoms. The maximum atomic E-state index is 12.1. The van der Waals surface area contributed by atoms with Gasteiger partial charge in [0, 0.05) is 30.9 Å². The molecule has 0 aliphatic heterocycles. The van der Waals surface area contributed by atoms with Crippen LogP contribution in [0.25, 0.3) is 4.96 Å². The number of fused-ring (bicyclic) bond motifs is 1. The van der Waals surface area contributed by atoms with Gasteiger partial charge in [0.1, 0.15) is 5.56 Å². The van der Waals surface area contributed by atoms with Crippen LogP contribution < -0.4 is 5.56 Å². The molecule has 0 saturated carbocycles. The summed E-state index contributed by atoms with van der Waals surface area (Å²) in [6.07, 6.45) is 3.00. The molecule has 2 aromatic rings. The summed E-state index contributed by atoms with van der Waals surface area (Å²) in [6, 6.07) is 0. The molecule has 0 aliphatic rings. The number of aromatic nitrogens is 2. The highest BCUT2D eigenvalue weighted by atomic mass is 32.1. The first-order chi connectivity index (χ1) is 8.19. The standard InChI is InChI=1S/C11H13N3O2S/c1-3-13(4-2)9(15)8-7-12-11-14(10(8)16)5-6-17-11/h5-7H,3-4H2,1-2H3. The van der Waals surface area contributed by atoms with Crippen LogP contribution in [0.4, 0.5) is 0 Å². The maximum absolute atomic E-state index is 12.1. The van der Waals surface area contributed by atoms with E-state index in [9.17, 15) is 9.59 Å². The molecule has 2 aromatic heterocycles. The molecule has 0 fully saturated rings. The summed E-state index contributed by atoms with van der Waals surface area (Å²) in [5.74, 6) is -0.256. The Labute approximate surface area is 102 Å². The molecular formula is C11H13N3O2S. The van der Waals surface area contributed by atoms with Crippen molar-refractivity contribution in [2.45, 2.75) is 13.8 Å². The summed E-state index contributed by atoms with van der Waals surface area (Å²) in [5, 5.41) is 1.77. The zero-order valence-electron chi connectivity index (χ0n) is 9.71. The van der Waals surface area contributed by atoms with Gasteiger partial charge in [-0.3, -0.25) is 14.0 Å². The predicted octanol–water partition coefficient (Wildman–Crippen LogP) is 1.24. The van der Waals surface area contributed by atoms with Gasteiger partial charge in [-0.2, -0.15) is 0 Å². The molecule has 0 spiro atoms. The topological polar surface area (TPSA) is 54.7 Å². The minimum atomic E-state index is -0.298. The van der Waals surface area contributed by atoms with Gasteiger partial charge < -0.3 is 4.90 Å². The highest BCUT2D eigenvalue weighted by Crippen LogP contribution is 2.07. The van der Waals surface area contributed by atoms with Gasteiger partial charge in [-0.25, -0.2) is 4.98 Å². The van der Waals surface area contributed by atoms with Crippen molar-refractivity contribution in [3.63, 3.8) is 0 Å². The molecule has 90 valence electrons. The van der Waals surface area contributed by atoms with Crippen molar-refractivity contribution < 1.29 is 4.79 Å². The number of amides is 1. The molecule has 1 amide bonds. The second-order valence-corrected chi connectivity index (χ2v) is 4.38. The van der Waals surface area contributed by atoms with Gasteiger partial charge in [-0.1, -0.05) is 0 Å². The number of thiazole rings is 1. The molecule has 0 N–H and O–H groups in total. The van der Waals surface area contributed by atoms with E-state index in [0.29, 0.717) is 18.1 Å². The zero-order chi connectivity index (χ0) is 12.4. The lowest BCUT2D eigenvalue weighted by atomic mass is 10.3. The van der Waals surface area contributed by atoms with Crippen LogP contribution in [0, 0.1) is 0 Å². The van der Waals surface area contributed by atoms with Gasteiger partial charge in [-0.05, 0) is 13.8 Å². The van der Waals surface area contributed by atoms with Crippen LogP contribution in [-0.4, -0.2) is 33.3 Å².